The van der Waals surface area contributed by atoms with E-state index in [4.69, 9.17) is 16.2 Å². The maximum Gasteiger partial charge on any atom is 0.350 e. The molecule has 1 heterocycles. The van der Waals surface area contributed by atoms with Crippen molar-refractivity contribution in [3.05, 3.63) is 4.88 Å². The Morgan fingerprint density at radius 1 is 1.50 bits per heavy atom. The second-order valence-electron chi connectivity index (χ2n) is 2.47. The van der Waals surface area contributed by atoms with Crippen LogP contribution in [-0.2, 0) is 4.74 Å². The van der Waals surface area contributed by atoms with E-state index in [-0.39, 0.29) is 0 Å². The average molecular weight is 232 g/mol. The summed E-state index contributed by atoms with van der Waals surface area (Å²) in [6.45, 7) is 2.09. The molecule has 0 radical (unpaired) electrons. The number of ether oxygens (including phenoxy) is 1. The molecule has 4 N–H and O–H groups in total. The van der Waals surface area contributed by atoms with E-state index in [0.717, 1.165) is 4.21 Å². The maximum absolute atomic E-state index is 11.4. The fourth-order valence-corrected chi connectivity index (χ4v) is 2.62. The van der Waals surface area contributed by atoms with E-state index in [1.165, 1.54) is 23.1 Å². The van der Waals surface area contributed by atoms with Gasteiger partial charge in [-0.2, -0.15) is 0 Å². The molecule has 0 fully saturated rings. The first-order chi connectivity index (χ1) is 6.61. The van der Waals surface area contributed by atoms with Gasteiger partial charge in [-0.3, -0.25) is 0 Å². The van der Waals surface area contributed by atoms with Crippen molar-refractivity contribution in [2.45, 2.75) is 11.1 Å². The van der Waals surface area contributed by atoms with Gasteiger partial charge in [-0.05, 0) is 13.2 Å². The Kier molecular flexibility index (Phi) is 3.65. The lowest BCUT2D eigenvalue weighted by molar-refractivity contribution is 0.0533. The van der Waals surface area contributed by atoms with Gasteiger partial charge >= 0.3 is 5.97 Å². The third-order valence-corrected chi connectivity index (χ3v) is 3.93. The lowest BCUT2D eigenvalue weighted by atomic mass is 10.3. The Labute approximate surface area is 90.6 Å². The molecular weight excluding hydrogens is 220 g/mol. The largest absolute Gasteiger partial charge is 0.462 e. The van der Waals surface area contributed by atoms with Gasteiger partial charge in [-0.25, -0.2) is 4.79 Å². The number of hydrogen-bond donors (Lipinski definition) is 2. The molecule has 0 aromatic carbocycles. The van der Waals surface area contributed by atoms with Crippen molar-refractivity contribution in [2.24, 2.45) is 0 Å². The molecular formula is C8H12N2O2S2. The highest BCUT2D eigenvalue weighted by Gasteiger charge is 2.19. The molecule has 1 aromatic heterocycles. The Hall–Kier alpha value is -0.880. The highest BCUT2D eigenvalue weighted by molar-refractivity contribution is 8.00. The predicted octanol–water partition coefficient (Wildman–Crippen LogP) is 1.81. The van der Waals surface area contributed by atoms with Crippen LogP contribution >= 0.6 is 23.1 Å². The molecule has 78 valence electrons. The van der Waals surface area contributed by atoms with Crippen LogP contribution in [0.5, 0.6) is 0 Å². The second kappa shape index (κ2) is 4.56. The molecule has 1 rings (SSSR count). The van der Waals surface area contributed by atoms with E-state index in [2.05, 4.69) is 0 Å². The number of nitrogen functional groups attached to an aromatic ring is 2. The summed E-state index contributed by atoms with van der Waals surface area (Å²) >= 11 is 2.74. The normalized spacial score (nSPS) is 10.1. The Bertz CT molecular complexity index is 349. The zero-order chi connectivity index (χ0) is 10.7. The number of carbonyl (C=O) groups excluding carboxylic acids is 1. The first-order valence-electron chi connectivity index (χ1n) is 4.00. The van der Waals surface area contributed by atoms with Gasteiger partial charge in [0.1, 0.15) is 4.88 Å². The van der Waals surface area contributed by atoms with E-state index in [1.54, 1.807) is 6.92 Å². The fourth-order valence-electron chi connectivity index (χ4n) is 0.935. The number of esters is 1. The Morgan fingerprint density at radius 2 is 2.14 bits per heavy atom. The van der Waals surface area contributed by atoms with Crippen molar-refractivity contribution in [3.8, 4) is 0 Å². The standard InChI is InChI=1S/C8H12N2O2S2/c1-3-12-7(11)6-4(9)5(10)8(13-2)14-6/h3,9-10H2,1-2H3. The summed E-state index contributed by atoms with van der Waals surface area (Å²) in [6.07, 6.45) is 1.89. The van der Waals surface area contributed by atoms with Crippen LogP contribution in [0.3, 0.4) is 0 Å². The molecule has 4 nitrogen and oxygen atoms in total. The fraction of sp³-hybridized carbons (Fsp3) is 0.375. The van der Waals surface area contributed by atoms with Crippen molar-refractivity contribution in [1.82, 2.24) is 0 Å². The van der Waals surface area contributed by atoms with Gasteiger partial charge in [-0.1, -0.05) is 0 Å². The lowest BCUT2D eigenvalue weighted by Crippen LogP contribution is -2.05. The Morgan fingerprint density at radius 3 is 2.57 bits per heavy atom. The highest BCUT2D eigenvalue weighted by atomic mass is 32.2. The molecule has 6 heteroatoms. The van der Waals surface area contributed by atoms with Gasteiger partial charge in [0.15, 0.2) is 0 Å². The van der Waals surface area contributed by atoms with Crippen molar-refractivity contribution in [2.75, 3.05) is 24.3 Å². The molecule has 0 saturated heterocycles. The van der Waals surface area contributed by atoms with E-state index in [9.17, 15) is 4.79 Å². The molecule has 0 amide bonds. The van der Waals surface area contributed by atoms with Gasteiger partial charge in [0.05, 0.1) is 22.2 Å². The van der Waals surface area contributed by atoms with Crippen molar-refractivity contribution in [1.29, 1.82) is 0 Å². The third-order valence-electron chi connectivity index (χ3n) is 1.60. The van der Waals surface area contributed by atoms with Crippen LogP contribution in [0.1, 0.15) is 16.6 Å². The Balaban J connectivity index is 3.04. The first kappa shape index (κ1) is 11.2. The van der Waals surface area contributed by atoms with Crippen LogP contribution in [0.15, 0.2) is 4.21 Å². The van der Waals surface area contributed by atoms with Crippen LogP contribution in [-0.4, -0.2) is 18.8 Å². The highest BCUT2D eigenvalue weighted by Crippen LogP contribution is 2.39. The minimum atomic E-state index is -0.401. The summed E-state index contributed by atoms with van der Waals surface area (Å²) in [5, 5.41) is 0. The maximum atomic E-state index is 11.4. The molecule has 0 aliphatic heterocycles. The third kappa shape index (κ3) is 1.96. The summed E-state index contributed by atoms with van der Waals surface area (Å²) in [5.74, 6) is -0.401. The monoisotopic (exact) mass is 232 g/mol. The van der Waals surface area contributed by atoms with Crippen LogP contribution in [0.2, 0.25) is 0 Å². The number of hydrogen-bond acceptors (Lipinski definition) is 6. The van der Waals surface area contributed by atoms with E-state index >= 15 is 0 Å². The number of thioether (sulfide) groups is 1. The van der Waals surface area contributed by atoms with E-state index in [0.29, 0.717) is 22.9 Å². The van der Waals surface area contributed by atoms with Crippen LogP contribution < -0.4 is 11.5 Å². The molecule has 0 saturated carbocycles. The van der Waals surface area contributed by atoms with Gasteiger partial charge in [0, 0.05) is 0 Å². The molecule has 0 aliphatic carbocycles. The van der Waals surface area contributed by atoms with Crippen molar-refractivity contribution in [3.63, 3.8) is 0 Å². The second-order valence-corrected chi connectivity index (χ2v) is 4.57. The lowest BCUT2D eigenvalue weighted by Gasteiger charge is -1.99. The number of anilines is 2. The average Bonchev–Trinajstić information content (AvgIpc) is 2.44. The van der Waals surface area contributed by atoms with Crippen molar-refractivity contribution >= 4 is 40.4 Å². The molecule has 0 unspecified atom stereocenters. The van der Waals surface area contributed by atoms with Crippen LogP contribution in [0.4, 0.5) is 11.4 Å². The smallest absolute Gasteiger partial charge is 0.350 e. The minimum Gasteiger partial charge on any atom is -0.462 e. The van der Waals surface area contributed by atoms with E-state index < -0.39 is 5.97 Å². The summed E-state index contributed by atoms with van der Waals surface area (Å²) in [6, 6.07) is 0. The summed E-state index contributed by atoms with van der Waals surface area (Å²) in [4.78, 5) is 11.8. The molecule has 14 heavy (non-hydrogen) atoms. The number of nitrogens with two attached hydrogens (primary N) is 2. The van der Waals surface area contributed by atoms with Gasteiger partial charge in [-0.15, -0.1) is 23.1 Å². The quantitative estimate of drug-likeness (QED) is 0.614. The molecule has 0 bridgehead atoms. The van der Waals surface area contributed by atoms with Crippen molar-refractivity contribution < 1.29 is 9.53 Å². The zero-order valence-electron chi connectivity index (χ0n) is 7.99. The molecule has 0 aliphatic rings. The number of thiophene rings is 1. The van der Waals surface area contributed by atoms with E-state index in [1.807, 2.05) is 6.26 Å². The predicted molar refractivity (Wildman–Crippen MR) is 60.9 cm³/mol. The number of carbonyl (C=O) groups is 1. The van der Waals surface area contributed by atoms with Crippen LogP contribution in [0.25, 0.3) is 0 Å². The van der Waals surface area contributed by atoms with Crippen LogP contribution in [0, 0.1) is 0 Å². The molecule has 1 aromatic rings. The van der Waals surface area contributed by atoms with Gasteiger partial charge in [0.25, 0.3) is 0 Å². The summed E-state index contributed by atoms with van der Waals surface area (Å²) < 4.78 is 5.70. The number of rotatable bonds is 3. The van der Waals surface area contributed by atoms with Gasteiger partial charge < -0.3 is 16.2 Å². The SMILES string of the molecule is CCOC(=O)c1sc(SC)c(N)c1N. The van der Waals surface area contributed by atoms with Gasteiger partial charge in [0.2, 0.25) is 0 Å². The summed E-state index contributed by atoms with van der Waals surface area (Å²) in [7, 11) is 0. The minimum absolute atomic E-state index is 0.331. The molecule has 0 spiro atoms. The molecule has 0 atom stereocenters. The topological polar surface area (TPSA) is 78.3 Å². The summed E-state index contributed by atoms with van der Waals surface area (Å²) in [5.41, 5.74) is 12.2. The first-order valence-corrected chi connectivity index (χ1v) is 6.04. The zero-order valence-corrected chi connectivity index (χ0v) is 9.63.